The quantitative estimate of drug-likeness (QED) is 0.774. The molecule has 0 unspecified atom stereocenters. The molecule has 2 heterocycles. The molecular formula is C15H14ClNOS. The van der Waals surface area contributed by atoms with E-state index in [1.165, 1.54) is 10.4 Å². The zero-order chi connectivity index (χ0) is 13.4. The summed E-state index contributed by atoms with van der Waals surface area (Å²) < 4.78 is 0. The molecule has 3 rings (SSSR count). The highest BCUT2D eigenvalue weighted by molar-refractivity contribution is 7.10. The normalized spacial score (nSPS) is 14.3. The summed E-state index contributed by atoms with van der Waals surface area (Å²) in [5.41, 5.74) is 3.08. The number of anilines is 1. The molecule has 0 aliphatic carbocycles. The Labute approximate surface area is 121 Å². The molecule has 4 heteroatoms. The van der Waals surface area contributed by atoms with Crippen LogP contribution in [0.4, 0.5) is 5.69 Å². The first-order valence-electron chi connectivity index (χ1n) is 6.26. The van der Waals surface area contributed by atoms with Gasteiger partial charge in [0, 0.05) is 23.5 Å². The number of halogens is 1. The Hall–Kier alpha value is -1.32. The number of benzene rings is 1. The van der Waals surface area contributed by atoms with Crippen LogP contribution in [0.3, 0.4) is 0 Å². The van der Waals surface area contributed by atoms with Crippen molar-refractivity contribution >= 4 is 34.4 Å². The number of fused-ring (bicyclic) bond motifs is 1. The zero-order valence-electron chi connectivity index (χ0n) is 10.6. The summed E-state index contributed by atoms with van der Waals surface area (Å²) in [6, 6.07) is 7.76. The van der Waals surface area contributed by atoms with E-state index in [4.69, 9.17) is 11.6 Å². The highest BCUT2D eigenvalue weighted by atomic mass is 35.5. The van der Waals surface area contributed by atoms with Crippen LogP contribution in [0.15, 0.2) is 29.6 Å². The molecule has 2 aromatic rings. The van der Waals surface area contributed by atoms with E-state index in [1.807, 2.05) is 23.5 Å². The second-order valence-corrected chi connectivity index (χ2v) is 6.17. The van der Waals surface area contributed by atoms with Gasteiger partial charge in [0.2, 0.25) is 0 Å². The van der Waals surface area contributed by atoms with E-state index in [0.29, 0.717) is 10.6 Å². The van der Waals surface area contributed by atoms with Crippen molar-refractivity contribution in [3.63, 3.8) is 0 Å². The Bertz CT molecular complexity index is 635. The summed E-state index contributed by atoms with van der Waals surface area (Å²) in [7, 11) is 0. The maximum absolute atomic E-state index is 11.3. The first-order valence-corrected chi connectivity index (χ1v) is 7.51. The minimum absolute atomic E-state index is 0.0483. The molecule has 19 heavy (non-hydrogen) atoms. The number of carbonyl (C=O) groups excluding carboxylic acids is 1. The average molecular weight is 292 g/mol. The first-order chi connectivity index (χ1) is 9.15. The van der Waals surface area contributed by atoms with Crippen LogP contribution in [0.25, 0.3) is 0 Å². The van der Waals surface area contributed by atoms with Gasteiger partial charge in [-0.1, -0.05) is 11.6 Å². The van der Waals surface area contributed by atoms with Gasteiger partial charge in [-0.15, -0.1) is 11.3 Å². The Morgan fingerprint density at radius 3 is 2.95 bits per heavy atom. The first kappa shape index (κ1) is 12.7. The molecule has 0 spiro atoms. The van der Waals surface area contributed by atoms with E-state index in [-0.39, 0.29) is 5.78 Å². The summed E-state index contributed by atoms with van der Waals surface area (Å²) in [4.78, 5) is 15.1. The predicted molar refractivity (Wildman–Crippen MR) is 80.5 cm³/mol. The fourth-order valence-electron chi connectivity index (χ4n) is 2.44. The molecule has 0 atom stereocenters. The number of hydrogen-bond donors (Lipinski definition) is 0. The lowest BCUT2D eigenvalue weighted by Gasteiger charge is -2.29. The summed E-state index contributed by atoms with van der Waals surface area (Å²) in [6.07, 6.45) is 1.07. The average Bonchev–Trinajstić information content (AvgIpc) is 2.85. The van der Waals surface area contributed by atoms with Crippen LogP contribution < -0.4 is 4.90 Å². The number of ketones is 1. The monoisotopic (exact) mass is 291 g/mol. The molecule has 0 amide bonds. The number of nitrogens with zero attached hydrogens (tertiary/aromatic N) is 1. The van der Waals surface area contributed by atoms with Gasteiger partial charge < -0.3 is 4.90 Å². The third-order valence-corrected chi connectivity index (χ3v) is 4.83. The van der Waals surface area contributed by atoms with Crippen LogP contribution in [0.2, 0.25) is 5.02 Å². The fourth-order valence-corrected chi connectivity index (χ4v) is 3.63. The molecule has 0 radical (unpaired) electrons. The third-order valence-electron chi connectivity index (χ3n) is 3.50. The number of hydrogen-bond acceptors (Lipinski definition) is 3. The Balaban J connectivity index is 1.90. The highest BCUT2D eigenvalue weighted by Gasteiger charge is 2.19. The van der Waals surface area contributed by atoms with Gasteiger partial charge in [0.25, 0.3) is 0 Å². The largest absolute Gasteiger partial charge is 0.366 e. The molecule has 1 aliphatic heterocycles. The van der Waals surface area contributed by atoms with Crippen molar-refractivity contribution in [1.29, 1.82) is 0 Å². The molecule has 0 bridgehead atoms. The number of rotatable bonds is 2. The van der Waals surface area contributed by atoms with E-state index in [2.05, 4.69) is 16.3 Å². The SMILES string of the molecule is CC(=O)c1ccc(N2CCc3sccc3C2)c(Cl)c1. The van der Waals surface area contributed by atoms with Crippen LogP contribution >= 0.6 is 22.9 Å². The smallest absolute Gasteiger partial charge is 0.159 e. The van der Waals surface area contributed by atoms with Crippen molar-refractivity contribution in [2.75, 3.05) is 11.4 Å². The maximum Gasteiger partial charge on any atom is 0.159 e. The van der Waals surface area contributed by atoms with Crippen molar-refractivity contribution in [3.8, 4) is 0 Å². The number of carbonyl (C=O) groups is 1. The van der Waals surface area contributed by atoms with Gasteiger partial charge in [-0.2, -0.15) is 0 Å². The van der Waals surface area contributed by atoms with Crippen molar-refractivity contribution in [1.82, 2.24) is 0 Å². The minimum Gasteiger partial charge on any atom is -0.366 e. The molecule has 1 aromatic carbocycles. The zero-order valence-corrected chi connectivity index (χ0v) is 12.2. The third kappa shape index (κ3) is 2.40. The molecular weight excluding hydrogens is 278 g/mol. The van der Waals surface area contributed by atoms with E-state index in [9.17, 15) is 4.79 Å². The lowest BCUT2D eigenvalue weighted by atomic mass is 10.1. The van der Waals surface area contributed by atoms with Crippen LogP contribution in [0.1, 0.15) is 27.7 Å². The maximum atomic E-state index is 11.3. The van der Waals surface area contributed by atoms with E-state index in [0.717, 1.165) is 25.2 Å². The van der Waals surface area contributed by atoms with Crippen LogP contribution in [0.5, 0.6) is 0 Å². The number of Topliss-reactive ketones (excluding diaryl/α,β-unsaturated/α-hetero) is 1. The molecule has 1 aromatic heterocycles. The lowest BCUT2D eigenvalue weighted by Crippen LogP contribution is -2.29. The Kier molecular flexibility index (Phi) is 3.33. The lowest BCUT2D eigenvalue weighted by molar-refractivity contribution is 0.101. The summed E-state index contributed by atoms with van der Waals surface area (Å²) >= 11 is 8.15. The van der Waals surface area contributed by atoms with Gasteiger partial charge in [0.1, 0.15) is 0 Å². The summed E-state index contributed by atoms with van der Waals surface area (Å²) in [6.45, 7) is 3.44. The second kappa shape index (κ2) is 4.99. The fraction of sp³-hybridized carbons (Fsp3) is 0.267. The van der Waals surface area contributed by atoms with Gasteiger partial charge in [-0.05, 0) is 48.6 Å². The van der Waals surface area contributed by atoms with Crippen LogP contribution in [-0.2, 0) is 13.0 Å². The molecule has 0 saturated heterocycles. The van der Waals surface area contributed by atoms with Gasteiger partial charge in [0.15, 0.2) is 5.78 Å². The second-order valence-electron chi connectivity index (χ2n) is 4.76. The standard InChI is InChI=1S/C15H14ClNOS/c1-10(18)11-2-3-14(13(16)8-11)17-6-4-15-12(9-17)5-7-19-15/h2-3,5,7-8H,4,6,9H2,1H3. The molecule has 0 fully saturated rings. The van der Waals surface area contributed by atoms with Crippen molar-refractivity contribution in [2.45, 2.75) is 19.9 Å². The van der Waals surface area contributed by atoms with Gasteiger partial charge >= 0.3 is 0 Å². The Morgan fingerprint density at radius 1 is 1.37 bits per heavy atom. The highest BCUT2D eigenvalue weighted by Crippen LogP contribution is 2.32. The Morgan fingerprint density at radius 2 is 2.21 bits per heavy atom. The van der Waals surface area contributed by atoms with Gasteiger partial charge in [0.05, 0.1) is 10.7 Å². The van der Waals surface area contributed by atoms with E-state index < -0.39 is 0 Å². The molecule has 0 N–H and O–H groups in total. The van der Waals surface area contributed by atoms with Crippen molar-refractivity contribution < 1.29 is 4.79 Å². The molecule has 0 saturated carbocycles. The van der Waals surface area contributed by atoms with Crippen LogP contribution in [-0.4, -0.2) is 12.3 Å². The molecule has 98 valence electrons. The molecule has 1 aliphatic rings. The van der Waals surface area contributed by atoms with Crippen molar-refractivity contribution in [3.05, 3.63) is 50.7 Å². The van der Waals surface area contributed by atoms with Crippen molar-refractivity contribution in [2.24, 2.45) is 0 Å². The minimum atomic E-state index is 0.0483. The molecule has 2 nitrogen and oxygen atoms in total. The van der Waals surface area contributed by atoms with E-state index in [1.54, 1.807) is 13.0 Å². The van der Waals surface area contributed by atoms with Gasteiger partial charge in [-0.25, -0.2) is 0 Å². The van der Waals surface area contributed by atoms with Gasteiger partial charge in [-0.3, -0.25) is 4.79 Å². The number of thiophene rings is 1. The topological polar surface area (TPSA) is 20.3 Å². The summed E-state index contributed by atoms with van der Waals surface area (Å²) in [5, 5.41) is 2.81. The van der Waals surface area contributed by atoms with Crippen LogP contribution in [0, 0.1) is 0 Å². The predicted octanol–water partition coefficient (Wildman–Crippen LogP) is 4.17. The van der Waals surface area contributed by atoms with E-state index >= 15 is 0 Å². The summed E-state index contributed by atoms with van der Waals surface area (Å²) in [5.74, 6) is 0.0483.